The highest BCUT2D eigenvalue weighted by atomic mass is 16.6. The molecule has 5 heteroatoms. The van der Waals surface area contributed by atoms with Crippen LogP contribution in [0.25, 0.3) is 0 Å². The van der Waals surface area contributed by atoms with Gasteiger partial charge in [0, 0.05) is 13.1 Å². The molecule has 2 bridgehead atoms. The fraction of sp³-hybridized carbons (Fsp3) is 0.750. The van der Waals surface area contributed by atoms with Crippen LogP contribution < -0.4 is 0 Å². The van der Waals surface area contributed by atoms with E-state index in [-0.39, 0.29) is 17.2 Å². The van der Waals surface area contributed by atoms with E-state index in [4.69, 9.17) is 4.74 Å². The van der Waals surface area contributed by atoms with Crippen molar-refractivity contribution in [1.82, 2.24) is 4.90 Å². The molecule has 0 N–H and O–H groups in total. The number of rotatable bonds is 3. The van der Waals surface area contributed by atoms with Crippen molar-refractivity contribution in [2.45, 2.75) is 40.5 Å². The summed E-state index contributed by atoms with van der Waals surface area (Å²) in [5.74, 6) is -1.50. The van der Waals surface area contributed by atoms with Gasteiger partial charge in [-0.3, -0.25) is 14.4 Å². The maximum atomic E-state index is 13.1. The standard InChI is InChI=1S/C20H27NO4/c1-5-21(6-2)17(22)13-9-11-12(7-10-8-14(11)20(10,3)4)15-16(13)19(24)25-18(15)23/h9-10,12-16H,5-8H2,1-4H3. The van der Waals surface area contributed by atoms with Gasteiger partial charge in [0.2, 0.25) is 5.91 Å². The van der Waals surface area contributed by atoms with Gasteiger partial charge >= 0.3 is 11.9 Å². The number of allylic oxidation sites excluding steroid dienone is 1. The summed E-state index contributed by atoms with van der Waals surface area (Å²) in [6.45, 7) is 9.67. The highest BCUT2D eigenvalue weighted by molar-refractivity contribution is 6.00. The first-order chi connectivity index (χ1) is 11.8. The molecular weight excluding hydrogens is 318 g/mol. The number of hydrogen-bond donors (Lipinski definition) is 0. The van der Waals surface area contributed by atoms with E-state index in [0.717, 1.165) is 12.8 Å². The quantitative estimate of drug-likeness (QED) is 0.448. The summed E-state index contributed by atoms with van der Waals surface area (Å²) in [6, 6.07) is 0. The average molecular weight is 345 g/mol. The van der Waals surface area contributed by atoms with Gasteiger partial charge in [-0.05, 0) is 49.9 Å². The summed E-state index contributed by atoms with van der Waals surface area (Å²) < 4.78 is 5.00. The topological polar surface area (TPSA) is 63.7 Å². The zero-order chi connectivity index (χ0) is 18.1. The maximum Gasteiger partial charge on any atom is 0.318 e. The van der Waals surface area contributed by atoms with E-state index >= 15 is 0 Å². The van der Waals surface area contributed by atoms with Crippen LogP contribution in [0.3, 0.4) is 0 Å². The molecule has 1 heterocycles. The normalized spacial score (nSPS) is 40.4. The van der Waals surface area contributed by atoms with E-state index in [1.54, 1.807) is 4.90 Å². The van der Waals surface area contributed by atoms with Crippen molar-refractivity contribution in [3.05, 3.63) is 11.6 Å². The largest absolute Gasteiger partial charge is 0.393 e. The molecule has 5 aliphatic rings. The molecule has 0 spiro atoms. The highest BCUT2D eigenvalue weighted by Gasteiger charge is 2.64. The van der Waals surface area contributed by atoms with E-state index < -0.39 is 29.7 Å². The lowest BCUT2D eigenvalue weighted by Crippen LogP contribution is -2.56. The molecular formula is C20H27NO4. The Bertz CT molecular complexity index is 675. The summed E-state index contributed by atoms with van der Waals surface area (Å²) in [7, 11) is 0. The Morgan fingerprint density at radius 3 is 2.40 bits per heavy atom. The molecule has 5 rings (SSSR count). The van der Waals surface area contributed by atoms with Gasteiger partial charge in [-0.2, -0.15) is 0 Å². The Morgan fingerprint density at radius 2 is 1.80 bits per heavy atom. The number of hydrogen-bond acceptors (Lipinski definition) is 4. The summed E-state index contributed by atoms with van der Waals surface area (Å²) in [5, 5.41) is 0. The predicted octanol–water partition coefficient (Wildman–Crippen LogP) is 2.41. The lowest BCUT2D eigenvalue weighted by atomic mass is 9.42. The second-order valence-electron chi connectivity index (χ2n) is 8.64. The molecule has 6 atom stereocenters. The molecule has 4 fully saturated rings. The van der Waals surface area contributed by atoms with E-state index in [0.29, 0.717) is 24.9 Å². The molecule has 5 nitrogen and oxygen atoms in total. The summed E-state index contributed by atoms with van der Waals surface area (Å²) in [4.78, 5) is 39.7. The Labute approximate surface area is 148 Å². The van der Waals surface area contributed by atoms with Crippen molar-refractivity contribution in [2.24, 2.45) is 40.9 Å². The first-order valence-electron chi connectivity index (χ1n) is 9.57. The molecule has 0 aromatic rings. The average Bonchev–Trinajstić information content (AvgIpc) is 2.89. The van der Waals surface area contributed by atoms with Crippen molar-refractivity contribution in [3.8, 4) is 0 Å². The minimum absolute atomic E-state index is 0.0446. The number of cyclic esters (lactones) is 2. The monoisotopic (exact) mass is 345 g/mol. The zero-order valence-electron chi connectivity index (χ0n) is 15.5. The number of fused-ring (bicyclic) bond motifs is 1. The van der Waals surface area contributed by atoms with Crippen molar-refractivity contribution >= 4 is 17.8 Å². The van der Waals surface area contributed by atoms with E-state index in [2.05, 4.69) is 13.8 Å². The highest BCUT2D eigenvalue weighted by Crippen LogP contribution is 2.66. The van der Waals surface area contributed by atoms with Crippen molar-refractivity contribution in [1.29, 1.82) is 0 Å². The van der Waals surface area contributed by atoms with Gasteiger partial charge in [0.15, 0.2) is 0 Å². The first-order valence-corrected chi connectivity index (χ1v) is 9.57. The fourth-order valence-electron chi connectivity index (χ4n) is 5.87. The molecule has 25 heavy (non-hydrogen) atoms. The molecule has 4 aliphatic carbocycles. The second-order valence-corrected chi connectivity index (χ2v) is 8.64. The third kappa shape index (κ3) is 2.10. The molecule has 0 aromatic carbocycles. The number of carbonyl (C=O) groups is 3. The Balaban J connectivity index is 1.77. The van der Waals surface area contributed by atoms with Gasteiger partial charge in [0.05, 0.1) is 17.8 Å². The molecule has 1 saturated heterocycles. The predicted molar refractivity (Wildman–Crippen MR) is 91.1 cm³/mol. The SMILES string of the molecule is CCN(CC)C(=O)C1C=C2C(CC3CC2C3(C)C)C2C(=O)OC(=O)C12. The van der Waals surface area contributed by atoms with Crippen molar-refractivity contribution < 1.29 is 19.1 Å². The molecule has 1 amide bonds. The van der Waals surface area contributed by atoms with Gasteiger partial charge in [-0.15, -0.1) is 0 Å². The molecule has 3 saturated carbocycles. The molecule has 6 unspecified atom stereocenters. The lowest BCUT2D eigenvalue weighted by molar-refractivity contribution is -0.155. The van der Waals surface area contributed by atoms with Crippen LogP contribution >= 0.6 is 0 Å². The summed E-state index contributed by atoms with van der Waals surface area (Å²) >= 11 is 0. The van der Waals surface area contributed by atoms with E-state index in [1.807, 2.05) is 19.9 Å². The third-order valence-electron chi connectivity index (χ3n) is 7.52. The van der Waals surface area contributed by atoms with Crippen molar-refractivity contribution in [2.75, 3.05) is 13.1 Å². The smallest absolute Gasteiger partial charge is 0.318 e. The number of carbonyl (C=O) groups excluding carboxylic acids is 3. The van der Waals surface area contributed by atoms with Crippen LogP contribution in [0.2, 0.25) is 0 Å². The molecule has 1 aliphatic heterocycles. The van der Waals surface area contributed by atoms with Gasteiger partial charge in [0.1, 0.15) is 0 Å². The lowest BCUT2D eigenvalue weighted by Gasteiger charge is -2.62. The maximum absolute atomic E-state index is 13.1. The Morgan fingerprint density at radius 1 is 1.16 bits per heavy atom. The van der Waals surface area contributed by atoms with Crippen molar-refractivity contribution in [3.63, 3.8) is 0 Å². The van der Waals surface area contributed by atoms with Gasteiger partial charge in [-0.25, -0.2) is 0 Å². The number of amides is 1. The summed E-state index contributed by atoms with van der Waals surface area (Å²) in [6.07, 6.45) is 4.13. The third-order valence-corrected chi connectivity index (χ3v) is 7.52. The molecule has 0 aromatic heterocycles. The van der Waals surface area contributed by atoms with Crippen LogP contribution in [-0.2, 0) is 19.1 Å². The first kappa shape index (κ1) is 16.8. The fourth-order valence-corrected chi connectivity index (χ4v) is 5.87. The van der Waals surface area contributed by atoms with Crippen LogP contribution in [0, 0.1) is 40.9 Å². The minimum atomic E-state index is -0.630. The molecule has 0 radical (unpaired) electrons. The second kappa shape index (κ2) is 5.42. The zero-order valence-corrected chi connectivity index (χ0v) is 15.5. The number of nitrogens with zero attached hydrogens (tertiary/aromatic N) is 1. The van der Waals surface area contributed by atoms with Gasteiger partial charge < -0.3 is 9.64 Å². The number of esters is 2. The summed E-state index contributed by atoms with van der Waals surface area (Å²) in [5.41, 5.74) is 1.47. The van der Waals surface area contributed by atoms with Crippen LogP contribution in [0.1, 0.15) is 40.5 Å². The van der Waals surface area contributed by atoms with Crippen LogP contribution in [0.5, 0.6) is 0 Å². The number of ether oxygens (including phenoxy) is 1. The Kier molecular flexibility index (Phi) is 3.64. The van der Waals surface area contributed by atoms with E-state index in [1.165, 1.54) is 5.57 Å². The molecule has 136 valence electrons. The van der Waals surface area contributed by atoms with Crippen LogP contribution in [-0.4, -0.2) is 35.8 Å². The van der Waals surface area contributed by atoms with Gasteiger partial charge in [-0.1, -0.05) is 25.5 Å². The van der Waals surface area contributed by atoms with Crippen LogP contribution in [0.15, 0.2) is 11.6 Å². The Hall–Kier alpha value is -1.65. The van der Waals surface area contributed by atoms with Crippen LogP contribution in [0.4, 0.5) is 0 Å². The minimum Gasteiger partial charge on any atom is -0.393 e. The van der Waals surface area contributed by atoms with E-state index in [9.17, 15) is 14.4 Å². The van der Waals surface area contributed by atoms with Gasteiger partial charge in [0.25, 0.3) is 0 Å².